The fraction of sp³-hybridized carbons (Fsp3) is 0.188. The number of aryl methyl sites for hydroxylation is 3. The summed E-state index contributed by atoms with van der Waals surface area (Å²) in [6.45, 7) is 3.82. The molecular formula is C16H15ClN4O2. The Labute approximate surface area is 138 Å². The van der Waals surface area contributed by atoms with Gasteiger partial charge in [0, 0.05) is 19.2 Å². The minimum Gasteiger partial charge on any atom is -0.436 e. The van der Waals surface area contributed by atoms with Gasteiger partial charge in [0.25, 0.3) is 5.88 Å². The molecule has 7 heteroatoms. The zero-order valence-corrected chi connectivity index (χ0v) is 13.7. The first-order valence-electron chi connectivity index (χ1n) is 6.98. The molecule has 2 aromatic heterocycles. The molecule has 0 bridgehead atoms. The summed E-state index contributed by atoms with van der Waals surface area (Å²) in [6.07, 6.45) is 0. The molecule has 0 spiro atoms. The maximum Gasteiger partial charge on any atom is 0.258 e. The number of hydrogen-bond donors (Lipinski definition) is 0. The van der Waals surface area contributed by atoms with E-state index in [0.29, 0.717) is 16.7 Å². The van der Waals surface area contributed by atoms with Crippen molar-refractivity contribution in [2.75, 3.05) is 0 Å². The van der Waals surface area contributed by atoms with Crippen molar-refractivity contribution in [1.29, 1.82) is 0 Å². The van der Waals surface area contributed by atoms with E-state index in [0.717, 1.165) is 11.3 Å². The molecule has 0 fully saturated rings. The molecule has 1 aromatic carbocycles. The first-order chi connectivity index (χ1) is 11.0. The zero-order chi connectivity index (χ0) is 16.4. The van der Waals surface area contributed by atoms with Crippen LogP contribution in [0.5, 0.6) is 23.4 Å². The Balaban J connectivity index is 1.81. The minimum atomic E-state index is 0.231. The van der Waals surface area contributed by atoms with Gasteiger partial charge in [-0.2, -0.15) is 5.10 Å². The van der Waals surface area contributed by atoms with Crippen LogP contribution in [-0.2, 0) is 7.05 Å². The second-order valence-electron chi connectivity index (χ2n) is 5.05. The molecule has 0 aliphatic rings. The predicted molar refractivity (Wildman–Crippen MR) is 86.3 cm³/mol. The van der Waals surface area contributed by atoms with Gasteiger partial charge in [-0.3, -0.25) is 0 Å². The number of hydrogen-bond acceptors (Lipinski definition) is 5. The van der Waals surface area contributed by atoms with Crippen molar-refractivity contribution in [3.8, 4) is 23.4 Å². The summed E-state index contributed by atoms with van der Waals surface area (Å²) in [7, 11) is 1.78. The largest absolute Gasteiger partial charge is 0.436 e. The van der Waals surface area contributed by atoms with E-state index in [2.05, 4.69) is 15.3 Å². The molecule has 23 heavy (non-hydrogen) atoms. The van der Waals surface area contributed by atoms with E-state index in [1.54, 1.807) is 23.9 Å². The molecule has 2 heterocycles. The summed E-state index contributed by atoms with van der Waals surface area (Å²) in [4.78, 5) is 0. The Kier molecular flexibility index (Phi) is 4.16. The third kappa shape index (κ3) is 3.43. The third-order valence-electron chi connectivity index (χ3n) is 3.16. The fourth-order valence-electron chi connectivity index (χ4n) is 2.03. The Morgan fingerprint density at radius 2 is 1.83 bits per heavy atom. The van der Waals surface area contributed by atoms with Gasteiger partial charge in [0.1, 0.15) is 10.8 Å². The highest BCUT2D eigenvalue weighted by Crippen LogP contribution is 2.31. The van der Waals surface area contributed by atoms with Crippen molar-refractivity contribution in [3.63, 3.8) is 0 Å². The molecule has 6 nitrogen and oxygen atoms in total. The lowest BCUT2D eigenvalue weighted by molar-refractivity contribution is 0.399. The molecule has 0 amide bonds. The number of para-hydroxylation sites is 1. The Morgan fingerprint density at radius 1 is 1.04 bits per heavy atom. The fourth-order valence-corrected chi connectivity index (χ4v) is 2.19. The summed E-state index contributed by atoms with van der Waals surface area (Å²) < 4.78 is 12.9. The number of aromatic nitrogens is 4. The van der Waals surface area contributed by atoms with Crippen LogP contribution in [0.2, 0.25) is 5.02 Å². The average molecular weight is 331 g/mol. The number of benzene rings is 1. The molecule has 3 rings (SSSR count). The molecule has 0 atom stereocenters. The van der Waals surface area contributed by atoms with E-state index in [9.17, 15) is 0 Å². The molecule has 0 aliphatic carbocycles. The molecule has 3 aromatic rings. The first-order valence-corrected chi connectivity index (χ1v) is 7.36. The molecular weight excluding hydrogens is 316 g/mol. The van der Waals surface area contributed by atoms with E-state index in [1.165, 1.54) is 0 Å². The van der Waals surface area contributed by atoms with Crippen LogP contribution in [0.15, 0.2) is 36.4 Å². The van der Waals surface area contributed by atoms with Gasteiger partial charge in [-0.25, -0.2) is 4.68 Å². The van der Waals surface area contributed by atoms with Gasteiger partial charge in [-0.15, -0.1) is 10.2 Å². The maximum atomic E-state index is 6.21. The van der Waals surface area contributed by atoms with Crippen molar-refractivity contribution < 1.29 is 9.47 Å². The summed E-state index contributed by atoms with van der Waals surface area (Å²) in [5.74, 6) is 1.74. The lowest BCUT2D eigenvalue weighted by atomic mass is 10.2. The Hall–Kier alpha value is -2.60. The monoisotopic (exact) mass is 330 g/mol. The van der Waals surface area contributed by atoms with Crippen LogP contribution in [0.3, 0.4) is 0 Å². The van der Waals surface area contributed by atoms with Crippen LogP contribution in [0.1, 0.15) is 11.3 Å². The molecule has 0 saturated carbocycles. The Morgan fingerprint density at radius 3 is 2.48 bits per heavy atom. The number of nitrogens with zero attached hydrogens (tertiary/aromatic N) is 4. The SMILES string of the molecule is Cc1cc(Oc2cc(Cl)c(Oc3ccccc3C)nn2)n(C)n1. The highest BCUT2D eigenvalue weighted by atomic mass is 35.5. The standard InChI is InChI=1S/C16H15ClN4O2/c1-10-6-4-5-7-13(10)22-16-12(17)9-14(18-19-16)23-15-8-11(2)20-21(15)3/h4-9H,1-3H3. The summed E-state index contributed by atoms with van der Waals surface area (Å²) in [6, 6.07) is 11.0. The summed E-state index contributed by atoms with van der Waals surface area (Å²) >= 11 is 6.21. The maximum absolute atomic E-state index is 6.21. The van der Waals surface area contributed by atoms with Crippen LogP contribution in [0.4, 0.5) is 0 Å². The number of ether oxygens (including phenoxy) is 2. The number of rotatable bonds is 4. The van der Waals surface area contributed by atoms with Gasteiger partial charge in [0.05, 0.1) is 5.69 Å². The van der Waals surface area contributed by atoms with Crippen molar-refractivity contribution in [3.05, 3.63) is 52.7 Å². The predicted octanol–water partition coefficient (Wildman–Crippen LogP) is 4.06. The van der Waals surface area contributed by atoms with Gasteiger partial charge >= 0.3 is 0 Å². The quantitative estimate of drug-likeness (QED) is 0.721. The molecule has 0 unspecified atom stereocenters. The smallest absolute Gasteiger partial charge is 0.258 e. The van der Waals surface area contributed by atoms with Crippen molar-refractivity contribution in [2.24, 2.45) is 7.05 Å². The van der Waals surface area contributed by atoms with Gasteiger partial charge in [0.15, 0.2) is 0 Å². The normalized spacial score (nSPS) is 10.6. The van der Waals surface area contributed by atoms with E-state index in [4.69, 9.17) is 21.1 Å². The van der Waals surface area contributed by atoms with E-state index in [1.807, 2.05) is 38.1 Å². The van der Waals surface area contributed by atoms with Gasteiger partial charge in [-0.05, 0) is 25.5 Å². The Bertz CT molecular complexity index is 848. The molecule has 0 saturated heterocycles. The van der Waals surface area contributed by atoms with Crippen LogP contribution in [0, 0.1) is 13.8 Å². The second kappa shape index (κ2) is 6.26. The van der Waals surface area contributed by atoms with Crippen LogP contribution in [0.25, 0.3) is 0 Å². The highest BCUT2D eigenvalue weighted by Gasteiger charge is 2.12. The van der Waals surface area contributed by atoms with Crippen LogP contribution >= 0.6 is 11.6 Å². The lowest BCUT2D eigenvalue weighted by Gasteiger charge is -2.09. The molecule has 0 N–H and O–H groups in total. The topological polar surface area (TPSA) is 62.1 Å². The van der Waals surface area contributed by atoms with E-state index < -0.39 is 0 Å². The van der Waals surface area contributed by atoms with Gasteiger partial charge in [0.2, 0.25) is 11.8 Å². The van der Waals surface area contributed by atoms with E-state index >= 15 is 0 Å². The summed E-state index contributed by atoms with van der Waals surface area (Å²) in [5, 5.41) is 12.5. The average Bonchev–Trinajstić information content (AvgIpc) is 2.82. The zero-order valence-electron chi connectivity index (χ0n) is 12.9. The van der Waals surface area contributed by atoms with Gasteiger partial charge in [-0.1, -0.05) is 29.8 Å². The van der Waals surface area contributed by atoms with Crippen LogP contribution in [-0.4, -0.2) is 20.0 Å². The van der Waals surface area contributed by atoms with Crippen molar-refractivity contribution >= 4 is 11.6 Å². The van der Waals surface area contributed by atoms with Crippen molar-refractivity contribution in [1.82, 2.24) is 20.0 Å². The number of halogens is 1. The van der Waals surface area contributed by atoms with Gasteiger partial charge < -0.3 is 9.47 Å². The van der Waals surface area contributed by atoms with Crippen LogP contribution < -0.4 is 9.47 Å². The highest BCUT2D eigenvalue weighted by molar-refractivity contribution is 6.31. The first kappa shape index (κ1) is 15.3. The van der Waals surface area contributed by atoms with Crippen molar-refractivity contribution in [2.45, 2.75) is 13.8 Å². The summed E-state index contributed by atoms with van der Waals surface area (Å²) in [5.41, 5.74) is 1.83. The molecule has 0 radical (unpaired) electrons. The third-order valence-corrected chi connectivity index (χ3v) is 3.43. The lowest BCUT2D eigenvalue weighted by Crippen LogP contribution is -1.99. The van der Waals surface area contributed by atoms with E-state index in [-0.39, 0.29) is 11.8 Å². The minimum absolute atomic E-state index is 0.231. The second-order valence-corrected chi connectivity index (χ2v) is 5.46. The molecule has 0 aliphatic heterocycles. The molecule has 118 valence electrons.